The topological polar surface area (TPSA) is 49.5 Å². The van der Waals surface area contributed by atoms with Crippen LogP contribution in [0.15, 0.2) is 0 Å². The average Bonchev–Trinajstić information content (AvgIpc) is 3.17. The molecule has 2 aliphatic rings. The van der Waals surface area contributed by atoms with Crippen molar-refractivity contribution in [3.8, 4) is 0 Å². The number of aliphatic hydroxyl groups is 1. The van der Waals surface area contributed by atoms with Gasteiger partial charge < -0.3 is 10.8 Å². The van der Waals surface area contributed by atoms with Crippen molar-refractivity contribution >= 4 is 0 Å². The monoisotopic (exact) mass is 254 g/mol. The van der Waals surface area contributed by atoms with Gasteiger partial charge in [-0.2, -0.15) is 0 Å². The molecule has 0 aliphatic heterocycles. The molecular weight excluding hydrogens is 224 g/mol. The molecular formula is C15H30N2O. The van der Waals surface area contributed by atoms with Crippen LogP contribution in [0.25, 0.3) is 0 Å². The predicted octanol–water partition coefficient (Wildman–Crippen LogP) is 1.99. The lowest BCUT2D eigenvalue weighted by atomic mass is 9.76. The number of nitrogens with zero attached hydrogens (tertiary/aromatic N) is 1. The molecule has 2 fully saturated rings. The van der Waals surface area contributed by atoms with E-state index in [1.165, 1.54) is 44.9 Å². The third-order valence-corrected chi connectivity index (χ3v) is 4.77. The first-order chi connectivity index (χ1) is 8.74. The van der Waals surface area contributed by atoms with Crippen molar-refractivity contribution in [2.24, 2.45) is 17.6 Å². The largest absolute Gasteiger partial charge is 0.395 e. The average molecular weight is 254 g/mol. The number of hydrogen-bond donors (Lipinski definition) is 2. The van der Waals surface area contributed by atoms with Crippen LogP contribution < -0.4 is 5.73 Å². The van der Waals surface area contributed by atoms with Crippen LogP contribution in [0.3, 0.4) is 0 Å². The highest BCUT2D eigenvalue weighted by Gasteiger charge is 2.34. The van der Waals surface area contributed by atoms with E-state index in [9.17, 15) is 5.11 Å². The van der Waals surface area contributed by atoms with Gasteiger partial charge in [0.1, 0.15) is 0 Å². The van der Waals surface area contributed by atoms with Crippen molar-refractivity contribution < 1.29 is 5.11 Å². The molecule has 3 nitrogen and oxygen atoms in total. The van der Waals surface area contributed by atoms with Crippen molar-refractivity contribution in [2.45, 2.75) is 64.0 Å². The number of nitrogens with two attached hydrogens (primary N) is 1. The van der Waals surface area contributed by atoms with E-state index in [1.807, 2.05) is 0 Å². The highest BCUT2D eigenvalue weighted by atomic mass is 16.3. The quantitative estimate of drug-likeness (QED) is 0.730. The summed E-state index contributed by atoms with van der Waals surface area (Å²) in [5.74, 6) is 1.55. The molecule has 18 heavy (non-hydrogen) atoms. The van der Waals surface area contributed by atoms with E-state index in [0.29, 0.717) is 12.0 Å². The Bertz CT molecular complexity index is 243. The van der Waals surface area contributed by atoms with Gasteiger partial charge in [-0.1, -0.05) is 19.8 Å². The number of aliphatic hydroxyl groups excluding tert-OH is 1. The van der Waals surface area contributed by atoms with Crippen LogP contribution in [0.2, 0.25) is 0 Å². The summed E-state index contributed by atoms with van der Waals surface area (Å²) < 4.78 is 0. The molecule has 0 aromatic rings. The van der Waals surface area contributed by atoms with Crippen LogP contribution >= 0.6 is 0 Å². The maximum atomic E-state index is 9.17. The fourth-order valence-electron chi connectivity index (χ4n) is 3.56. The van der Waals surface area contributed by atoms with Crippen LogP contribution in [0.4, 0.5) is 0 Å². The highest BCUT2D eigenvalue weighted by Crippen LogP contribution is 2.34. The predicted molar refractivity (Wildman–Crippen MR) is 75.4 cm³/mol. The molecule has 0 aromatic carbocycles. The molecule has 106 valence electrons. The van der Waals surface area contributed by atoms with E-state index >= 15 is 0 Å². The fourth-order valence-corrected chi connectivity index (χ4v) is 3.56. The van der Waals surface area contributed by atoms with Crippen molar-refractivity contribution in [3.63, 3.8) is 0 Å². The molecule has 0 saturated heterocycles. The third-order valence-electron chi connectivity index (χ3n) is 4.77. The van der Waals surface area contributed by atoms with Crippen molar-refractivity contribution in [2.75, 3.05) is 19.7 Å². The van der Waals surface area contributed by atoms with E-state index in [2.05, 4.69) is 11.8 Å². The molecule has 0 radical (unpaired) electrons. The molecule has 0 amide bonds. The number of rotatable bonds is 7. The summed E-state index contributed by atoms with van der Waals surface area (Å²) in [6.07, 6.45) is 9.15. The van der Waals surface area contributed by atoms with E-state index in [4.69, 9.17) is 5.73 Å². The Kier molecular flexibility index (Phi) is 5.46. The normalized spacial score (nSPS) is 33.0. The minimum atomic E-state index is 0.289. The van der Waals surface area contributed by atoms with E-state index in [0.717, 1.165) is 25.0 Å². The zero-order chi connectivity index (χ0) is 13.0. The Hall–Kier alpha value is -0.120. The SMILES string of the molecule is CCCC1CCC(N)C(CN(CCO)C2CC2)C1. The summed E-state index contributed by atoms with van der Waals surface area (Å²) >= 11 is 0. The lowest BCUT2D eigenvalue weighted by Crippen LogP contribution is -2.44. The van der Waals surface area contributed by atoms with Gasteiger partial charge in [0.05, 0.1) is 6.61 Å². The lowest BCUT2D eigenvalue weighted by molar-refractivity contribution is 0.126. The summed E-state index contributed by atoms with van der Waals surface area (Å²) in [4.78, 5) is 2.48. The first-order valence-electron chi connectivity index (χ1n) is 7.85. The Morgan fingerprint density at radius 2 is 2.00 bits per heavy atom. The molecule has 0 bridgehead atoms. The first kappa shape index (κ1) is 14.3. The maximum Gasteiger partial charge on any atom is 0.0558 e. The van der Waals surface area contributed by atoms with Gasteiger partial charge in [0.2, 0.25) is 0 Å². The zero-order valence-corrected chi connectivity index (χ0v) is 11.9. The van der Waals surface area contributed by atoms with Crippen LogP contribution in [0.5, 0.6) is 0 Å². The summed E-state index contributed by atoms with van der Waals surface area (Å²) in [5, 5.41) is 9.17. The fraction of sp³-hybridized carbons (Fsp3) is 1.00. The van der Waals surface area contributed by atoms with Crippen molar-refractivity contribution in [1.82, 2.24) is 4.90 Å². The minimum absolute atomic E-state index is 0.289. The molecule has 2 saturated carbocycles. The molecule has 2 rings (SSSR count). The van der Waals surface area contributed by atoms with Gasteiger partial charge in [-0.25, -0.2) is 0 Å². The van der Waals surface area contributed by atoms with Crippen molar-refractivity contribution in [3.05, 3.63) is 0 Å². The molecule has 0 spiro atoms. The standard InChI is InChI=1S/C15H30N2O/c1-2-3-12-4-7-15(16)13(10-12)11-17(8-9-18)14-5-6-14/h12-15,18H,2-11,16H2,1H3. The Balaban J connectivity index is 1.84. The van der Waals surface area contributed by atoms with Gasteiger partial charge in [-0.05, 0) is 43.9 Å². The summed E-state index contributed by atoms with van der Waals surface area (Å²) in [5.41, 5.74) is 6.31. The molecule has 3 N–H and O–H groups in total. The second kappa shape index (κ2) is 6.88. The number of hydrogen-bond acceptors (Lipinski definition) is 3. The lowest BCUT2D eigenvalue weighted by Gasteiger charge is -2.37. The molecule has 0 heterocycles. The Labute approximate surface area is 112 Å². The third kappa shape index (κ3) is 3.94. The van der Waals surface area contributed by atoms with Crippen LogP contribution in [-0.4, -0.2) is 41.8 Å². The summed E-state index contributed by atoms with van der Waals surface area (Å²) in [6, 6.07) is 1.13. The second-order valence-corrected chi connectivity index (χ2v) is 6.34. The van der Waals surface area contributed by atoms with Gasteiger partial charge in [0.25, 0.3) is 0 Å². The highest BCUT2D eigenvalue weighted by molar-refractivity contribution is 4.90. The molecule has 2 aliphatic carbocycles. The van der Waals surface area contributed by atoms with E-state index in [1.54, 1.807) is 0 Å². The maximum absolute atomic E-state index is 9.17. The molecule has 0 aromatic heterocycles. The van der Waals surface area contributed by atoms with E-state index < -0.39 is 0 Å². The minimum Gasteiger partial charge on any atom is -0.395 e. The zero-order valence-electron chi connectivity index (χ0n) is 11.9. The Morgan fingerprint density at radius 3 is 2.61 bits per heavy atom. The molecule has 3 atom stereocenters. The second-order valence-electron chi connectivity index (χ2n) is 6.34. The molecule has 3 unspecified atom stereocenters. The summed E-state index contributed by atoms with van der Waals surface area (Å²) in [7, 11) is 0. The van der Waals surface area contributed by atoms with Gasteiger partial charge in [-0.3, -0.25) is 4.90 Å². The van der Waals surface area contributed by atoms with Gasteiger partial charge in [0, 0.05) is 25.2 Å². The first-order valence-corrected chi connectivity index (χ1v) is 7.85. The van der Waals surface area contributed by atoms with Crippen LogP contribution in [0, 0.1) is 11.8 Å². The van der Waals surface area contributed by atoms with Gasteiger partial charge >= 0.3 is 0 Å². The summed E-state index contributed by atoms with van der Waals surface area (Å²) in [6.45, 7) is 4.53. The van der Waals surface area contributed by atoms with Gasteiger partial charge in [-0.15, -0.1) is 0 Å². The van der Waals surface area contributed by atoms with Crippen LogP contribution in [-0.2, 0) is 0 Å². The van der Waals surface area contributed by atoms with Crippen molar-refractivity contribution in [1.29, 1.82) is 0 Å². The Morgan fingerprint density at radius 1 is 1.22 bits per heavy atom. The van der Waals surface area contributed by atoms with Gasteiger partial charge in [0.15, 0.2) is 0 Å². The van der Waals surface area contributed by atoms with Crippen LogP contribution in [0.1, 0.15) is 51.9 Å². The van der Waals surface area contributed by atoms with E-state index in [-0.39, 0.29) is 6.61 Å². The molecule has 3 heteroatoms. The smallest absolute Gasteiger partial charge is 0.0558 e.